The van der Waals surface area contributed by atoms with Gasteiger partial charge in [-0.05, 0) is 11.6 Å². The minimum Gasteiger partial charge on any atom is -0.219 e. The monoisotopic (exact) mass is 189 g/mol. The summed E-state index contributed by atoms with van der Waals surface area (Å²) in [5, 5.41) is 4.12. The highest BCUT2D eigenvalue weighted by Gasteiger charge is 2.16. The van der Waals surface area contributed by atoms with Gasteiger partial charge in [-0.2, -0.15) is 4.09 Å². The van der Waals surface area contributed by atoms with Crippen LogP contribution in [0.25, 0.3) is 0 Å². The molecule has 0 amide bonds. The summed E-state index contributed by atoms with van der Waals surface area (Å²) in [6.45, 7) is 0. The van der Waals surface area contributed by atoms with Gasteiger partial charge < -0.3 is 0 Å². The number of hydrogen-bond acceptors (Lipinski definition) is 3. The molecule has 0 saturated heterocycles. The molecule has 1 aromatic carbocycles. The predicted molar refractivity (Wildman–Crippen MR) is 50.5 cm³/mol. The maximum absolute atomic E-state index is 4.19. The van der Waals surface area contributed by atoms with E-state index >= 15 is 0 Å². The van der Waals surface area contributed by atoms with Crippen LogP contribution >= 0.6 is 11.9 Å². The van der Waals surface area contributed by atoms with E-state index in [0.29, 0.717) is 0 Å². The molecule has 0 fully saturated rings. The molecule has 3 nitrogen and oxygen atoms in total. The zero-order chi connectivity index (χ0) is 8.67. The minimum atomic E-state index is 0.892. The van der Waals surface area contributed by atoms with Gasteiger partial charge in [-0.1, -0.05) is 18.2 Å². The van der Waals surface area contributed by atoms with Crippen molar-refractivity contribution >= 4 is 11.9 Å². The lowest BCUT2D eigenvalue weighted by atomic mass is 10.1. The largest absolute Gasteiger partial charge is 0.219 e. The van der Waals surface area contributed by atoms with Gasteiger partial charge in [-0.25, -0.2) is 4.98 Å². The summed E-state index contributed by atoms with van der Waals surface area (Å²) in [6, 6.07) is 8.37. The molecule has 0 unspecified atom stereocenters. The molecular formula is C9H7N3S. The number of hydrogen-bond donors (Lipinski definition) is 0. The van der Waals surface area contributed by atoms with E-state index in [1.165, 1.54) is 10.5 Å². The van der Waals surface area contributed by atoms with Crippen LogP contribution in [0.15, 0.2) is 35.5 Å². The van der Waals surface area contributed by atoms with E-state index < -0.39 is 0 Å². The molecule has 0 atom stereocenters. The van der Waals surface area contributed by atoms with Crippen LogP contribution in [-0.4, -0.2) is 14.2 Å². The number of aromatic nitrogens is 3. The van der Waals surface area contributed by atoms with Crippen molar-refractivity contribution in [2.45, 2.75) is 11.3 Å². The Hall–Kier alpha value is -1.29. The highest BCUT2D eigenvalue weighted by Crippen LogP contribution is 2.30. The van der Waals surface area contributed by atoms with E-state index in [0.717, 1.165) is 12.2 Å². The number of benzene rings is 1. The first-order chi connectivity index (χ1) is 6.43. The quantitative estimate of drug-likeness (QED) is 0.539. The van der Waals surface area contributed by atoms with Crippen molar-refractivity contribution in [2.75, 3.05) is 0 Å². The molecule has 0 bridgehead atoms. The fraction of sp³-hybridized carbons (Fsp3) is 0.111. The van der Waals surface area contributed by atoms with Crippen LogP contribution in [0, 0.1) is 0 Å². The molecule has 4 heteroatoms. The van der Waals surface area contributed by atoms with Gasteiger partial charge in [0.05, 0.1) is 0 Å². The van der Waals surface area contributed by atoms with Gasteiger partial charge in [0.25, 0.3) is 0 Å². The Kier molecular flexibility index (Phi) is 1.43. The van der Waals surface area contributed by atoms with Gasteiger partial charge in [0, 0.05) is 23.3 Å². The van der Waals surface area contributed by atoms with Gasteiger partial charge in [0.1, 0.15) is 12.2 Å². The molecule has 2 aromatic rings. The first-order valence-electron chi connectivity index (χ1n) is 4.08. The fourth-order valence-corrected chi connectivity index (χ4v) is 2.34. The summed E-state index contributed by atoms with van der Waals surface area (Å²) >= 11 is 1.63. The first-order valence-corrected chi connectivity index (χ1v) is 4.86. The van der Waals surface area contributed by atoms with Gasteiger partial charge in [0.15, 0.2) is 0 Å². The zero-order valence-electron chi connectivity index (χ0n) is 6.84. The van der Waals surface area contributed by atoms with Gasteiger partial charge in [-0.3, -0.25) is 0 Å². The summed E-state index contributed by atoms with van der Waals surface area (Å²) < 4.78 is 1.88. The van der Waals surface area contributed by atoms with Crippen molar-refractivity contribution in [2.24, 2.45) is 0 Å². The van der Waals surface area contributed by atoms with Crippen LogP contribution in [0.2, 0.25) is 0 Å². The highest BCUT2D eigenvalue weighted by molar-refractivity contribution is 7.97. The van der Waals surface area contributed by atoms with E-state index in [1.807, 2.05) is 10.2 Å². The van der Waals surface area contributed by atoms with Crippen LogP contribution in [0.1, 0.15) is 11.4 Å². The normalized spacial score (nSPS) is 13.5. The van der Waals surface area contributed by atoms with E-state index in [-0.39, 0.29) is 0 Å². The molecule has 0 aliphatic carbocycles. The molecule has 0 saturated carbocycles. The van der Waals surface area contributed by atoms with Crippen molar-refractivity contribution in [3.8, 4) is 0 Å². The summed E-state index contributed by atoms with van der Waals surface area (Å²) in [6.07, 6.45) is 2.50. The molecule has 0 N–H and O–H groups in total. The molecule has 1 aliphatic rings. The minimum absolute atomic E-state index is 0.892. The standard InChI is InChI=1S/C9H7N3S/c1-2-4-8-7(3-1)5-9-10-6-11-12(9)13-8/h1-4,6H,5H2. The SMILES string of the molecule is c1ccc2c(c1)Cc1ncnn1S2. The zero-order valence-corrected chi connectivity index (χ0v) is 7.66. The number of rotatable bonds is 0. The third-order valence-electron chi connectivity index (χ3n) is 2.09. The molecule has 0 spiro atoms. The van der Waals surface area contributed by atoms with Crippen molar-refractivity contribution in [3.63, 3.8) is 0 Å². The van der Waals surface area contributed by atoms with Gasteiger partial charge in [0.2, 0.25) is 0 Å². The lowest BCUT2D eigenvalue weighted by Gasteiger charge is -2.14. The van der Waals surface area contributed by atoms with Crippen LogP contribution in [0.5, 0.6) is 0 Å². The van der Waals surface area contributed by atoms with Gasteiger partial charge >= 0.3 is 0 Å². The summed E-state index contributed by atoms with van der Waals surface area (Å²) in [7, 11) is 0. The van der Waals surface area contributed by atoms with E-state index in [1.54, 1.807) is 18.3 Å². The van der Waals surface area contributed by atoms with E-state index in [9.17, 15) is 0 Å². The maximum atomic E-state index is 4.19. The predicted octanol–water partition coefficient (Wildman–Crippen LogP) is 1.74. The topological polar surface area (TPSA) is 30.7 Å². The Morgan fingerprint density at radius 2 is 2.23 bits per heavy atom. The Bertz CT molecular complexity index is 410. The molecule has 3 rings (SSSR count). The van der Waals surface area contributed by atoms with Gasteiger partial charge in [-0.15, -0.1) is 5.10 Å². The van der Waals surface area contributed by atoms with Crippen molar-refractivity contribution in [1.29, 1.82) is 0 Å². The number of nitrogens with zero attached hydrogens (tertiary/aromatic N) is 3. The third-order valence-corrected chi connectivity index (χ3v) is 3.16. The Balaban J connectivity index is 2.14. The molecule has 1 aliphatic heterocycles. The Morgan fingerprint density at radius 1 is 1.31 bits per heavy atom. The molecule has 64 valence electrons. The average molecular weight is 189 g/mol. The first kappa shape index (κ1) is 7.15. The molecular weight excluding hydrogens is 182 g/mol. The van der Waals surface area contributed by atoms with Crippen molar-refractivity contribution in [1.82, 2.24) is 14.2 Å². The lowest BCUT2D eigenvalue weighted by Crippen LogP contribution is -2.06. The third kappa shape index (κ3) is 1.06. The highest BCUT2D eigenvalue weighted by atomic mass is 32.2. The average Bonchev–Trinajstić information content (AvgIpc) is 2.61. The van der Waals surface area contributed by atoms with E-state index in [4.69, 9.17) is 0 Å². The number of fused-ring (bicyclic) bond motifs is 2. The van der Waals surface area contributed by atoms with Crippen molar-refractivity contribution in [3.05, 3.63) is 42.0 Å². The summed E-state index contributed by atoms with van der Waals surface area (Å²) in [5.41, 5.74) is 1.34. The molecule has 1 aromatic heterocycles. The second-order valence-corrected chi connectivity index (χ2v) is 3.89. The lowest BCUT2D eigenvalue weighted by molar-refractivity contribution is 0.879. The second-order valence-electron chi connectivity index (χ2n) is 2.92. The molecule has 13 heavy (non-hydrogen) atoms. The van der Waals surface area contributed by atoms with Crippen LogP contribution < -0.4 is 0 Å². The Labute approximate surface area is 79.9 Å². The second kappa shape index (κ2) is 2.60. The molecule has 2 heterocycles. The summed E-state index contributed by atoms with van der Waals surface area (Å²) in [4.78, 5) is 5.46. The molecule has 0 radical (unpaired) electrons. The van der Waals surface area contributed by atoms with Crippen LogP contribution in [0.4, 0.5) is 0 Å². The smallest absolute Gasteiger partial charge is 0.144 e. The van der Waals surface area contributed by atoms with Crippen molar-refractivity contribution < 1.29 is 0 Å². The fourth-order valence-electron chi connectivity index (χ4n) is 1.45. The van der Waals surface area contributed by atoms with E-state index in [2.05, 4.69) is 28.3 Å². The Morgan fingerprint density at radius 3 is 3.23 bits per heavy atom. The maximum Gasteiger partial charge on any atom is 0.144 e. The summed E-state index contributed by atoms with van der Waals surface area (Å²) in [5.74, 6) is 1.03. The van der Waals surface area contributed by atoms with Crippen LogP contribution in [0.3, 0.4) is 0 Å². The van der Waals surface area contributed by atoms with Crippen LogP contribution in [-0.2, 0) is 6.42 Å².